The summed E-state index contributed by atoms with van der Waals surface area (Å²) in [6.07, 6.45) is -3.08. The fraction of sp³-hybridized carbons (Fsp3) is 0.258. The molecule has 0 saturated carbocycles. The average Bonchev–Trinajstić information content (AvgIpc) is 3.69. The van der Waals surface area contributed by atoms with E-state index in [1.165, 1.54) is 35.1 Å². The second-order valence-electron chi connectivity index (χ2n) is 10.5. The first-order valence-corrected chi connectivity index (χ1v) is 16.5. The average molecular weight is 719 g/mol. The highest BCUT2D eigenvalue weighted by atomic mass is 32.2. The van der Waals surface area contributed by atoms with E-state index in [1.807, 2.05) is 0 Å². The number of nitrogens with zero attached hydrogens (tertiary/aromatic N) is 4. The van der Waals surface area contributed by atoms with Crippen LogP contribution < -0.4 is 19.4 Å². The number of aromatic hydroxyl groups is 1. The van der Waals surface area contributed by atoms with Gasteiger partial charge in [-0.15, -0.1) is 5.10 Å². The van der Waals surface area contributed by atoms with Crippen molar-refractivity contribution in [1.82, 2.24) is 25.3 Å². The molecule has 18 heteroatoms. The number of nitrogens with one attached hydrogen (secondary N) is 1. The van der Waals surface area contributed by atoms with E-state index in [0.29, 0.717) is 28.1 Å². The van der Waals surface area contributed by atoms with Crippen molar-refractivity contribution < 1.29 is 45.7 Å². The number of ether oxygens (including phenoxy) is 2. The SMILES string of the molecule is CCOC(=O)C(Cc1ccc(C(F)(F)F)cc1)NC(=O)C(Cc1ccc(O)cc1)n1cc(COc2ccc3sc(OS(N)=O)nc3c2)nn1. The summed E-state index contributed by atoms with van der Waals surface area (Å²) in [5.74, 6) is -0.941. The van der Waals surface area contributed by atoms with Crippen molar-refractivity contribution in [2.75, 3.05) is 6.61 Å². The third kappa shape index (κ3) is 9.52. The lowest BCUT2D eigenvalue weighted by Crippen LogP contribution is -2.46. The highest BCUT2D eigenvalue weighted by Gasteiger charge is 2.32. The molecular formula is C31H29F3N6O7S2. The van der Waals surface area contributed by atoms with Crippen molar-refractivity contribution in [2.24, 2.45) is 5.14 Å². The van der Waals surface area contributed by atoms with Crippen molar-refractivity contribution in [3.63, 3.8) is 0 Å². The summed E-state index contributed by atoms with van der Waals surface area (Å²) >= 11 is -0.854. The van der Waals surface area contributed by atoms with Crippen LogP contribution >= 0.6 is 11.3 Å². The monoisotopic (exact) mass is 718 g/mol. The Hall–Kier alpha value is -5.07. The number of alkyl halides is 3. The number of carbonyl (C=O) groups excluding carboxylic acids is 2. The highest BCUT2D eigenvalue weighted by Crippen LogP contribution is 2.31. The zero-order chi connectivity index (χ0) is 35.1. The largest absolute Gasteiger partial charge is 0.508 e. The van der Waals surface area contributed by atoms with E-state index >= 15 is 0 Å². The van der Waals surface area contributed by atoms with Gasteiger partial charge in [-0.05, 0) is 54.4 Å². The molecule has 3 unspecified atom stereocenters. The van der Waals surface area contributed by atoms with E-state index in [1.54, 1.807) is 37.3 Å². The van der Waals surface area contributed by atoms with E-state index in [0.717, 1.165) is 28.2 Å². The molecule has 2 heterocycles. The number of carbonyl (C=O) groups is 2. The van der Waals surface area contributed by atoms with Crippen LogP contribution in [0, 0.1) is 0 Å². The van der Waals surface area contributed by atoms with Gasteiger partial charge < -0.3 is 24.1 Å². The minimum absolute atomic E-state index is 0.0144. The molecule has 3 aromatic carbocycles. The number of phenols is 1. The standard InChI is InChI=1S/C31H29F3N6O7S2/c1-2-45-29(43)25(13-18-3-7-20(8-4-18)31(32,33)34)36-28(42)26(14-19-5-9-22(41)10-6-19)40-16-21(38-39-40)17-46-23-11-12-27-24(15-23)37-30(48-27)47-49(35)44/h3-12,15-16,25-26,41H,2,13-14,17,35H2,1H3,(H,36,42). The van der Waals surface area contributed by atoms with Crippen LogP contribution in [0.4, 0.5) is 13.2 Å². The molecule has 0 aliphatic rings. The number of halogens is 3. The first-order valence-electron chi connectivity index (χ1n) is 14.6. The second kappa shape index (κ2) is 15.4. The number of rotatable bonds is 14. The van der Waals surface area contributed by atoms with Crippen LogP contribution in [-0.4, -0.2) is 53.8 Å². The van der Waals surface area contributed by atoms with Crippen molar-refractivity contribution in [2.45, 2.75) is 44.6 Å². The molecule has 13 nitrogen and oxygen atoms in total. The summed E-state index contributed by atoms with van der Waals surface area (Å²) < 4.78 is 68.4. The summed E-state index contributed by atoms with van der Waals surface area (Å²) in [4.78, 5) is 30.9. The molecule has 0 aliphatic carbocycles. The molecular weight excluding hydrogens is 690 g/mol. The van der Waals surface area contributed by atoms with Gasteiger partial charge in [-0.2, -0.15) is 17.4 Å². The van der Waals surface area contributed by atoms with Gasteiger partial charge >= 0.3 is 12.1 Å². The van der Waals surface area contributed by atoms with Gasteiger partial charge in [-0.1, -0.05) is 40.8 Å². The smallest absolute Gasteiger partial charge is 0.416 e. The molecule has 5 aromatic rings. The zero-order valence-corrected chi connectivity index (χ0v) is 27.3. The lowest BCUT2D eigenvalue weighted by molar-refractivity contribution is -0.147. The molecule has 0 spiro atoms. The number of esters is 1. The molecule has 1 amide bonds. The Morgan fingerprint density at radius 1 is 1.06 bits per heavy atom. The van der Waals surface area contributed by atoms with E-state index in [-0.39, 0.29) is 37.0 Å². The van der Waals surface area contributed by atoms with Gasteiger partial charge in [0.15, 0.2) is 0 Å². The Kier molecular flexibility index (Phi) is 11.1. The molecule has 4 N–H and O–H groups in total. The molecule has 2 aromatic heterocycles. The van der Waals surface area contributed by atoms with Crippen LogP contribution in [0.15, 0.2) is 72.9 Å². The van der Waals surface area contributed by atoms with Crippen LogP contribution in [-0.2, 0) is 51.2 Å². The quantitative estimate of drug-likeness (QED) is 0.141. The second-order valence-corrected chi connectivity index (χ2v) is 12.2. The summed E-state index contributed by atoms with van der Waals surface area (Å²) in [6, 6.07) is 13.3. The summed E-state index contributed by atoms with van der Waals surface area (Å²) in [5, 5.41) is 26.0. The minimum Gasteiger partial charge on any atom is -0.508 e. The van der Waals surface area contributed by atoms with Crippen molar-refractivity contribution >= 4 is 44.7 Å². The third-order valence-corrected chi connectivity index (χ3v) is 8.38. The van der Waals surface area contributed by atoms with Crippen LogP contribution in [0.1, 0.15) is 35.3 Å². The summed E-state index contributed by atoms with van der Waals surface area (Å²) in [5.41, 5.74) is 1.07. The Labute approximate surface area is 283 Å². The number of amides is 1. The van der Waals surface area contributed by atoms with Crippen molar-refractivity contribution in [1.29, 1.82) is 0 Å². The Morgan fingerprint density at radius 2 is 1.76 bits per heavy atom. The number of phenolic OH excluding ortho intramolecular Hbond substituents is 1. The number of hydrogen-bond donors (Lipinski definition) is 3. The van der Waals surface area contributed by atoms with Crippen LogP contribution in [0.3, 0.4) is 0 Å². The number of nitrogens with two attached hydrogens (primary N) is 1. The van der Waals surface area contributed by atoms with E-state index in [9.17, 15) is 32.1 Å². The Morgan fingerprint density at radius 3 is 2.43 bits per heavy atom. The Balaban J connectivity index is 1.34. The van der Waals surface area contributed by atoms with Gasteiger partial charge in [0.25, 0.3) is 16.5 Å². The first-order chi connectivity index (χ1) is 23.4. The predicted molar refractivity (Wildman–Crippen MR) is 171 cm³/mol. The van der Waals surface area contributed by atoms with E-state index < -0.39 is 47.0 Å². The molecule has 0 aliphatic heterocycles. The van der Waals surface area contributed by atoms with Crippen LogP contribution in [0.5, 0.6) is 16.7 Å². The normalized spacial score (nSPS) is 13.4. The highest BCUT2D eigenvalue weighted by molar-refractivity contribution is 7.78. The van der Waals surface area contributed by atoms with Crippen LogP contribution in [0.2, 0.25) is 0 Å². The minimum atomic E-state index is -4.53. The molecule has 0 saturated heterocycles. The number of benzene rings is 3. The van der Waals surface area contributed by atoms with Gasteiger partial charge in [0.05, 0.1) is 28.6 Å². The van der Waals surface area contributed by atoms with Gasteiger partial charge in [0.1, 0.15) is 35.9 Å². The van der Waals surface area contributed by atoms with Crippen LogP contribution in [0.25, 0.3) is 10.2 Å². The predicted octanol–water partition coefficient (Wildman–Crippen LogP) is 4.18. The third-order valence-electron chi connectivity index (χ3n) is 7.03. The Bertz CT molecular complexity index is 1930. The number of fused-ring (bicyclic) bond motifs is 1. The van der Waals surface area contributed by atoms with E-state index in [2.05, 4.69) is 20.6 Å². The maximum absolute atomic E-state index is 13.8. The number of hydrogen-bond acceptors (Lipinski definition) is 11. The molecule has 0 bridgehead atoms. The van der Waals surface area contributed by atoms with Gasteiger partial charge in [0, 0.05) is 18.9 Å². The lowest BCUT2D eigenvalue weighted by atomic mass is 10.0. The van der Waals surface area contributed by atoms with Crippen molar-refractivity contribution in [3.05, 3.63) is 95.3 Å². The molecule has 0 fully saturated rings. The molecule has 0 radical (unpaired) electrons. The fourth-order valence-corrected chi connectivity index (χ4v) is 5.89. The topological polar surface area (TPSA) is 181 Å². The molecule has 49 heavy (non-hydrogen) atoms. The molecule has 3 atom stereocenters. The zero-order valence-electron chi connectivity index (χ0n) is 25.6. The van der Waals surface area contributed by atoms with Gasteiger partial charge in [0.2, 0.25) is 5.91 Å². The van der Waals surface area contributed by atoms with Crippen molar-refractivity contribution in [3.8, 4) is 16.7 Å². The number of thiazole rings is 1. The molecule has 258 valence electrons. The van der Waals surface area contributed by atoms with Gasteiger partial charge in [-0.25, -0.2) is 19.6 Å². The number of aromatic nitrogens is 4. The maximum atomic E-state index is 13.8. The van der Waals surface area contributed by atoms with Gasteiger partial charge in [-0.3, -0.25) is 4.79 Å². The molecule has 5 rings (SSSR count). The summed E-state index contributed by atoms with van der Waals surface area (Å²) in [6.45, 7) is 1.56. The first kappa shape index (κ1) is 35.2. The lowest BCUT2D eigenvalue weighted by Gasteiger charge is -2.22. The van der Waals surface area contributed by atoms with E-state index in [4.69, 9.17) is 18.8 Å². The summed E-state index contributed by atoms with van der Waals surface area (Å²) in [7, 11) is 0. The maximum Gasteiger partial charge on any atom is 0.416 e. The fourth-order valence-electron chi connectivity index (χ4n) is 4.70.